The van der Waals surface area contributed by atoms with Gasteiger partial charge in [-0.25, -0.2) is 0 Å². The standard InChI is InChI=1S/C13H13ClINO/c1-7(8-2-3-8)16-6-9-4-10(14)5-11(15)12(9)13(16)17/h4-5,7-8H,2-3,6H2,1H3/t7-/m0/s1. The van der Waals surface area contributed by atoms with Crippen LogP contribution in [0.3, 0.4) is 0 Å². The highest BCUT2D eigenvalue weighted by atomic mass is 127. The number of benzene rings is 1. The van der Waals surface area contributed by atoms with Crippen molar-refractivity contribution in [3.05, 3.63) is 31.9 Å². The van der Waals surface area contributed by atoms with E-state index in [1.807, 2.05) is 17.0 Å². The Bertz CT molecular complexity index is 498. The predicted molar refractivity (Wildman–Crippen MR) is 76.2 cm³/mol. The Kier molecular flexibility index (Phi) is 2.86. The predicted octanol–water partition coefficient (Wildman–Crippen LogP) is 3.70. The van der Waals surface area contributed by atoms with Crippen molar-refractivity contribution in [3.8, 4) is 0 Å². The van der Waals surface area contributed by atoms with Crippen LogP contribution >= 0.6 is 34.2 Å². The quantitative estimate of drug-likeness (QED) is 0.736. The second kappa shape index (κ2) is 4.12. The first-order valence-electron chi connectivity index (χ1n) is 5.87. The second-order valence-electron chi connectivity index (χ2n) is 4.93. The zero-order valence-electron chi connectivity index (χ0n) is 9.54. The fourth-order valence-electron chi connectivity index (χ4n) is 2.55. The number of nitrogens with zero attached hydrogens (tertiary/aromatic N) is 1. The number of hydrogen-bond donors (Lipinski definition) is 0. The monoisotopic (exact) mass is 361 g/mol. The van der Waals surface area contributed by atoms with E-state index in [0.29, 0.717) is 12.0 Å². The molecule has 90 valence electrons. The molecule has 17 heavy (non-hydrogen) atoms. The van der Waals surface area contributed by atoms with E-state index in [-0.39, 0.29) is 5.91 Å². The lowest BCUT2D eigenvalue weighted by Gasteiger charge is -2.23. The molecule has 2 nitrogen and oxygen atoms in total. The topological polar surface area (TPSA) is 20.3 Å². The van der Waals surface area contributed by atoms with Crippen molar-refractivity contribution in [1.82, 2.24) is 4.90 Å². The molecule has 2 aliphatic rings. The summed E-state index contributed by atoms with van der Waals surface area (Å²) in [5.41, 5.74) is 1.95. The van der Waals surface area contributed by atoms with Gasteiger partial charge in [-0.15, -0.1) is 0 Å². The van der Waals surface area contributed by atoms with E-state index in [2.05, 4.69) is 29.5 Å². The molecule has 1 aliphatic heterocycles. The number of carbonyl (C=O) groups is 1. The lowest BCUT2D eigenvalue weighted by Crippen LogP contribution is -2.34. The molecule has 0 spiro atoms. The number of carbonyl (C=O) groups excluding carboxylic acids is 1. The van der Waals surface area contributed by atoms with Crippen molar-refractivity contribution in [1.29, 1.82) is 0 Å². The van der Waals surface area contributed by atoms with Gasteiger partial charge in [0.25, 0.3) is 5.91 Å². The van der Waals surface area contributed by atoms with E-state index >= 15 is 0 Å². The van der Waals surface area contributed by atoms with Crippen LogP contribution in [0.15, 0.2) is 12.1 Å². The number of amides is 1. The molecular formula is C13H13ClINO. The maximum Gasteiger partial charge on any atom is 0.255 e. The first-order valence-corrected chi connectivity index (χ1v) is 7.32. The molecule has 0 bridgehead atoms. The van der Waals surface area contributed by atoms with Gasteiger partial charge in [-0.1, -0.05) is 11.6 Å². The summed E-state index contributed by atoms with van der Waals surface area (Å²) in [7, 11) is 0. The summed E-state index contributed by atoms with van der Waals surface area (Å²) in [5, 5.41) is 0.724. The van der Waals surface area contributed by atoms with E-state index in [1.165, 1.54) is 12.8 Å². The largest absolute Gasteiger partial charge is 0.331 e. The first-order chi connectivity index (χ1) is 8.08. The molecule has 1 atom stereocenters. The van der Waals surface area contributed by atoms with Crippen molar-refractivity contribution in [3.63, 3.8) is 0 Å². The Labute approximate surface area is 119 Å². The highest BCUT2D eigenvalue weighted by Crippen LogP contribution is 2.39. The van der Waals surface area contributed by atoms with Crippen LogP contribution in [0.2, 0.25) is 5.02 Å². The average molecular weight is 362 g/mol. The summed E-state index contributed by atoms with van der Waals surface area (Å²) in [5.74, 6) is 0.891. The molecular weight excluding hydrogens is 349 g/mol. The van der Waals surface area contributed by atoms with Crippen LogP contribution in [-0.2, 0) is 6.54 Å². The molecule has 1 saturated carbocycles. The first kappa shape index (κ1) is 11.8. The van der Waals surface area contributed by atoms with Gasteiger partial charge < -0.3 is 4.90 Å². The Hall–Kier alpha value is -0.290. The maximum absolute atomic E-state index is 12.4. The second-order valence-corrected chi connectivity index (χ2v) is 6.53. The summed E-state index contributed by atoms with van der Waals surface area (Å²) in [6.07, 6.45) is 2.53. The summed E-state index contributed by atoms with van der Waals surface area (Å²) < 4.78 is 0.973. The van der Waals surface area contributed by atoms with Gasteiger partial charge in [0.05, 0.1) is 5.56 Å². The van der Waals surface area contributed by atoms with Gasteiger partial charge in [-0.2, -0.15) is 0 Å². The molecule has 0 N–H and O–H groups in total. The minimum Gasteiger partial charge on any atom is -0.331 e. The molecule has 1 aromatic carbocycles. The smallest absolute Gasteiger partial charge is 0.255 e. The van der Waals surface area contributed by atoms with Crippen LogP contribution in [0.4, 0.5) is 0 Å². The lowest BCUT2D eigenvalue weighted by molar-refractivity contribution is 0.0697. The van der Waals surface area contributed by atoms with Gasteiger partial charge >= 0.3 is 0 Å². The van der Waals surface area contributed by atoms with E-state index in [9.17, 15) is 4.79 Å². The number of hydrogen-bond acceptors (Lipinski definition) is 1. The van der Waals surface area contributed by atoms with Gasteiger partial charge in [0.1, 0.15) is 0 Å². The highest BCUT2D eigenvalue weighted by molar-refractivity contribution is 14.1. The minimum absolute atomic E-state index is 0.181. The Morgan fingerprint density at radius 3 is 2.82 bits per heavy atom. The molecule has 0 aromatic heterocycles. The van der Waals surface area contributed by atoms with Crippen LogP contribution in [0, 0.1) is 9.49 Å². The highest BCUT2D eigenvalue weighted by Gasteiger charge is 2.39. The molecule has 4 heteroatoms. The third-order valence-electron chi connectivity index (χ3n) is 3.75. The van der Waals surface area contributed by atoms with Crippen molar-refractivity contribution in [2.75, 3.05) is 0 Å². The molecule has 1 amide bonds. The number of rotatable bonds is 2. The number of fused-ring (bicyclic) bond motifs is 1. The number of halogens is 2. The van der Waals surface area contributed by atoms with E-state index in [1.54, 1.807) is 0 Å². The SMILES string of the molecule is C[C@@H](C1CC1)N1Cc2cc(Cl)cc(I)c2C1=O. The third-order valence-corrected chi connectivity index (χ3v) is 4.82. The van der Waals surface area contributed by atoms with Crippen LogP contribution in [-0.4, -0.2) is 16.8 Å². The Morgan fingerprint density at radius 1 is 1.47 bits per heavy atom. The molecule has 3 rings (SSSR count). The average Bonchev–Trinajstić information content (AvgIpc) is 3.03. The van der Waals surface area contributed by atoms with Crippen molar-refractivity contribution >= 4 is 40.1 Å². The zero-order valence-corrected chi connectivity index (χ0v) is 12.5. The van der Waals surface area contributed by atoms with Crippen LogP contribution in [0.25, 0.3) is 0 Å². The fraction of sp³-hybridized carbons (Fsp3) is 0.462. The van der Waals surface area contributed by atoms with Crippen LogP contribution in [0.5, 0.6) is 0 Å². The van der Waals surface area contributed by atoms with E-state index in [4.69, 9.17) is 11.6 Å². The molecule has 1 fully saturated rings. The Balaban J connectivity index is 1.96. The summed E-state index contributed by atoms with van der Waals surface area (Å²) in [6.45, 7) is 2.89. The molecule has 0 unspecified atom stereocenters. The van der Waals surface area contributed by atoms with Gasteiger partial charge in [0, 0.05) is 21.2 Å². The normalized spacial score (nSPS) is 20.6. The molecule has 1 aliphatic carbocycles. The van der Waals surface area contributed by atoms with Crippen molar-refractivity contribution < 1.29 is 4.79 Å². The zero-order chi connectivity index (χ0) is 12.2. The maximum atomic E-state index is 12.4. The third kappa shape index (κ3) is 1.97. The van der Waals surface area contributed by atoms with Gasteiger partial charge in [0.15, 0.2) is 0 Å². The molecule has 1 heterocycles. The van der Waals surface area contributed by atoms with Crippen molar-refractivity contribution in [2.45, 2.75) is 32.4 Å². The lowest BCUT2D eigenvalue weighted by atomic mass is 10.1. The minimum atomic E-state index is 0.181. The van der Waals surface area contributed by atoms with Crippen LogP contribution < -0.4 is 0 Å². The van der Waals surface area contributed by atoms with Gasteiger partial charge in [-0.05, 0) is 66.0 Å². The van der Waals surface area contributed by atoms with Gasteiger partial charge in [-0.3, -0.25) is 4.79 Å². The molecule has 0 radical (unpaired) electrons. The van der Waals surface area contributed by atoms with E-state index in [0.717, 1.165) is 26.3 Å². The molecule has 1 aromatic rings. The summed E-state index contributed by atoms with van der Waals surface area (Å²) >= 11 is 8.25. The van der Waals surface area contributed by atoms with Crippen molar-refractivity contribution in [2.24, 2.45) is 5.92 Å². The Morgan fingerprint density at radius 2 is 2.18 bits per heavy atom. The van der Waals surface area contributed by atoms with Crippen LogP contribution in [0.1, 0.15) is 35.7 Å². The summed E-state index contributed by atoms with van der Waals surface area (Å²) in [4.78, 5) is 14.4. The summed E-state index contributed by atoms with van der Waals surface area (Å²) in [6, 6.07) is 4.16. The van der Waals surface area contributed by atoms with E-state index < -0.39 is 0 Å². The molecule has 0 saturated heterocycles. The van der Waals surface area contributed by atoms with Gasteiger partial charge in [0.2, 0.25) is 0 Å². The fourth-order valence-corrected chi connectivity index (χ4v) is 3.89.